The predicted octanol–water partition coefficient (Wildman–Crippen LogP) is 5.38. The molecule has 0 radical (unpaired) electrons. The number of aromatic nitrogens is 6. The monoisotopic (exact) mass is 511 g/mol. The third-order valence-corrected chi connectivity index (χ3v) is 7.02. The lowest BCUT2D eigenvalue weighted by Crippen LogP contribution is -2.13. The van der Waals surface area contributed by atoms with E-state index < -0.39 is 11.6 Å². The summed E-state index contributed by atoms with van der Waals surface area (Å²) in [5.74, 6) is -0.715. The van der Waals surface area contributed by atoms with E-state index in [2.05, 4.69) is 25.6 Å². The Labute approximate surface area is 216 Å². The van der Waals surface area contributed by atoms with Crippen LogP contribution in [0.1, 0.15) is 25.7 Å². The average Bonchev–Trinajstić information content (AvgIpc) is 3.82. The molecule has 0 saturated heterocycles. The van der Waals surface area contributed by atoms with Crippen LogP contribution < -0.4 is 5.32 Å². The van der Waals surface area contributed by atoms with E-state index in [0.717, 1.165) is 36.7 Å². The minimum atomic E-state index is -0.686. The SMILES string of the molecule is O=C(Nc1cc(-c2ccc(F)cc2F)cc(-n2cnc3cc(-c4cn(CC5CC5)nn4)cnc32)c1)C1CC1. The van der Waals surface area contributed by atoms with Crippen LogP contribution >= 0.6 is 0 Å². The molecule has 2 aliphatic rings. The summed E-state index contributed by atoms with van der Waals surface area (Å²) in [7, 11) is 0. The maximum atomic E-state index is 14.7. The molecule has 2 aromatic carbocycles. The number of rotatable bonds is 7. The fourth-order valence-corrected chi connectivity index (χ4v) is 4.61. The molecular formula is C28H23F2N7O. The Hall–Kier alpha value is -4.47. The molecule has 1 amide bonds. The normalized spacial score (nSPS) is 15.2. The Kier molecular flexibility index (Phi) is 5.27. The quantitative estimate of drug-likeness (QED) is 0.317. The van der Waals surface area contributed by atoms with Crippen molar-refractivity contribution in [3.8, 4) is 28.1 Å². The molecule has 1 N–H and O–H groups in total. The van der Waals surface area contributed by atoms with E-state index in [-0.39, 0.29) is 17.4 Å². The zero-order valence-corrected chi connectivity index (χ0v) is 20.3. The zero-order valence-electron chi connectivity index (χ0n) is 20.3. The minimum absolute atomic E-state index is 0.000987. The van der Waals surface area contributed by atoms with Gasteiger partial charge in [0, 0.05) is 41.5 Å². The van der Waals surface area contributed by atoms with Gasteiger partial charge in [0.2, 0.25) is 5.91 Å². The standard InChI is InChI=1S/C28H23F2N7O/c29-20-5-6-23(24(30)10-20)18-7-21(33-28(38)17-3-4-17)11-22(8-18)37-15-32-25-9-19(12-31-27(25)37)26-14-36(35-34-26)13-16-1-2-16/h5-12,14-17H,1-4,13H2,(H,33,38). The van der Waals surface area contributed by atoms with Gasteiger partial charge in [-0.25, -0.2) is 18.7 Å². The van der Waals surface area contributed by atoms with Gasteiger partial charge in [0.1, 0.15) is 29.2 Å². The molecule has 5 aromatic rings. The summed E-state index contributed by atoms with van der Waals surface area (Å²) in [6.45, 7) is 0.877. The van der Waals surface area contributed by atoms with Gasteiger partial charge in [-0.15, -0.1) is 5.10 Å². The average molecular weight is 512 g/mol. The maximum Gasteiger partial charge on any atom is 0.227 e. The van der Waals surface area contributed by atoms with Gasteiger partial charge in [0.15, 0.2) is 5.65 Å². The molecule has 0 unspecified atom stereocenters. The van der Waals surface area contributed by atoms with E-state index >= 15 is 0 Å². The van der Waals surface area contributed by atoms with Crippen LogP contribution in [0.2, 0.25) is 0 Å². The van der Waals surface area contributed by atoms with Gasteiger partial charge >= 0.3 is 0 Å². The van der Waals surface area contributed by atoms with Crippen LogP contribution in [0.4, 0.5) is 14.5 Å². The van der Waals surface area contributed by atoms with E-state index in [9.17, 15) is 13.6 Å². The van der Waals surface area contributed by atoms with Gasteiger partial charge in [-0.05, 0) is 73.6 Å². The van der Waals surface area contributed by atoms with Gasteiger partial charge in [-0.2, -0.15) is 0 Å². The van der Waals surface area contributed by atoms with Crippen LogP contribution in [0.15, 0.2) is 61.2 Å². The second-order valence-electron chi connectivity index (χ2n) is 10.1. The summed E-state index contributed by atoms with van der Waals surface area (Å²) in [6, 6.07) is 10.6. The Morgan fingerprint density at radius 2 is 1.87 bits per heavy atom. The number of nitrogens with zero attached hydrogens (tertiary/aromatic N) is 6. The lowest BCUT2D eigenvalue weighted by atomic mass is 10.0. The van der Waals surface area contributed by atoms with E-state index in [1.807, 2.05) is 16.9 Å². The number of anilines is 1. The van der Waals surface area contributed by atoms with Crippen molar-refractivity contribution in [2.24, 2.45) is 11.8 Å². The molecule has 3 aromatic heterocycles. The fourth-order valence-electron chi connectivity index (χ4n) is 4.61. The van der Waals surface area contributed by atoms with Crippen molar-refractivity contribution in [1.82, 2.24) is 29.5 Å². The molecule has 38 heavy (non-hydrogen) atoms. The lowest BCUT2D eigenvalue weighted by molar-refractivity contribution is -0.117. The number of fused-ring (bicyclic) bond motifs is 1. The zero-order chi connectivity index (χ0) is 25.8. The number of hydrogen-bond acceptors (Lipinski definition) is 5. The van der Waals surface area contributed by atoms with Crippen molar-refractivity contribution in [2.75, 3.05) is 5.32 Å². The van der Waals surface area contributed by atoms with Crippen molar-refractivity contribution < 1.29 is 13.6 Å². The van der Waals surface area contributed by atoms with Crippen molar-refractivity contribution in [3.63, 3.8) is 0 Å². The molecule has 10 heteroatoms. The lowest BCUT2D eigenvalue weighted by Gasteiger charge is -2.13. The van der Waals surface area contributed by atoms with Crippen LogP contribution in [0, 0.1) is 23.5 Å². The molecule has 3 heterocycles. The molecule has 0 atom stereocenters. The molecule has 2 aliphatic carbocycles. The van der Waals surface area contributed by atoms with Crippen LogP contribution in [-0.2, 0) is 11.3 Å². The van der Waals surface area contributed by atoms with Gasteiger partial charge in [0.25, 0.3) is 0 Å². The Bertz CT molecular complexity index is 1700. The molecule has 0 spiro atoms. The number of imidazole rings is 1. The highest BCUT2D eigenvalue weighted by atomic mass is 19.1. The molecule has 0 bridgehead atoms. The molecular weight excluding hydrogens is 488 g/mol. The Morgan fingerprint density at radius 1 is 1.00 bits per heavy atom. The largest absolute Gasteiger partial charge is 0.326 e. The number of carbonyl (C=O) groups is 1. The van der Waals surface area contributed by atoms with E-state index in [1.54, 1.807) is 35.3 Å². The van der Waals surface area contributed by atoms with Crippen LogP contribution in [0.25, 0.3) is 39.2 Å². The van der Waals surface area contributed by atoms with Crippen molar-refractivity contribution in [2.45, 2.75) is 32.2 Å². The third kappa shape index (κ3) is 4.42. The van der Waals surface area contributed by atoms with E-state index in [4.69, 9.17) is 0 Å². The predicted molar refractivity (Wildman–Crippen MR) is 137 cm³/mol. The molecule has 7 rings (SSSR count). The summed E-state index contributed by atoms with van der Waals surface area (Å²) >= 11 is 0. The molecule has 0 aliphatic heterocycles. The van der Waals surface area contributed by atoms with Crippen LogP contribution in [-0.4, -0.2) is 35.4 Å². The highest BCUT2D eigenvalue weighted by Gasteiger charge is 2.30. The summed E-state index contributed by atoms with van der Waals surface area (Å²) < 4.78 is 31.9. The minimum Gasteiger partial charge on any atom is -0.326 e. The van der Waals surface area contributed by atoms with Crippen molar-refractivity contribution in [3.05, 3.63) is 72.8 Å². The highest BCUT2D eigenvalue weighted by Crippen LogP contribution is 2.34. The Balaban J connectivity index is 1.27. The number of nitrogens with one attached hydrogen (secondary N) is 1. The van der Waals surface area contributed by atoms with Crippen LogP contribution in [0.5, 0.6) is 0 Å². The summed E-state index contributed by atoms with van der Waals surface area (Å²) in [5.41, 5.74) is 4.66. The number of halogens is 2. The summed E-state index contributed by atoms with van der Waals surface area (Å²) in [5, 5.41) is 11.5. The molecule has 190 valence electrons. The first-order chi connectivity index (χ1) is 18.5. The first-order valence-corrected chi connectivity index (χ1v) is 12.7. The van der Waals surface area contributed by atoms with Gasteiger partial charge < -0.3 is 5.32 Å². The fraction of sp³-hybridized carbons (Fsp3) is 0.250. The summed E-state index contributed by atoms with van der Waals surface area (Å²) in [6.07, 6.45) is 9.48. The second-order valence-corrected chi connectivity index (χ2v) is 10.1. The smallest absolute Gasteiger partial charge is 0.227 e. The van der Waals surface area contributed by atoms with E-state index in [1.165, 1.54) is 25.0 Å². The first-order valence-electron chi connectivity index (χ1n) is 12.7. The van der Waals surface area contributed by atoms with Gasteiger partial charge in [-0.1, -0.05) is 5.21 Å². The maximum absolute atomic E-state index is 14.7. The highest BCUT2D eigenvalue weighted by molar-refractivity contribution is 5.95. The molecule has 2 fully saturated rings. The number of pyridine rings is 1. The number of amides is 1. The number of hydrogen-bond donors (Lipinski definition) is 1. The number of benzene rings is 2. The molecule has 2 saturated carbocycles. The van der Waals surface area contributed by atoms with Crippen LogP contribution in [0.3, 0.4) is 0 Å². The topological polar surface area (TPSA) is 90.5 Å². The van der Waals surface area contributed by atoms with Gasteiger partial charge in [-0.3, -0.25) is 14.0 Å². The molecule has 8 nitrogen and oxygen atoms in total. The first kappa shape index (κ1) is 22.7. The van der Waals surface area contributed by atoms with Crippen molar-refractivity contribution >= 4 is 22.8 Å². The van der Waals surface area contributed by atoms with Crippen molar-refractivity contribution in [1.29, 1.82) is 0 Å². The number of carbonyl (C=O) groups excluding carboxylic acids is 1. The second kappa shape index (κ2) is 8.83. The summed E-state index contributed by atoms with van der Waals surface area (Å²) in [4.78, 5) is 21.7. The third-order valence-electron chi connectivity index (χ3n) is 7.02. The Morgan fingerprint density at radius 3 is 2.66 bits per heavy atom. The van der Waals surface area contributed by atoms with E-state index in [0.29, 0.717) is 34.0 Å². The van der Waals surface area contributed by atoms with Gasteiger partial charge in [0.05, 0.1) is 11.9 Å².